The van der Waals surface area contributed by atoms with Gasteiger partial charge >= 0.3 is 5.97 Å². The van der Waals surface area contributed by atoms with Gasteiger partial charge < -0.3 is 9.84 Å². The van der Waals surface area contributed by atoms with Gasteiger partial charge in [-0.3, -0.25) is 9.59 Å². The molecule has 0 amide bonds. The Labute approximate surface area is 623 Å². The van der Waals surface area contributed by atoms with Crippen molar-refractivity contribution in [2.45, 2.75) is 31.6 Å². The number of fused-ring (bicyclic) bond motifs is 3. The molecule has 1 N–H and O–H groups in total. The lowest BCUT2D eigenvalue weighted by Crippen LogP contribution is -2.38. The Kier molecular flexibility index (Phi) is 330. The summed E-state index contributed by atoms with van der Waals surface area (Å²) < 4.78 is 5.57. The van der Waals surface area contributed by atoms with Crippen LogP contribution in [0.5, 0.6) is 0 Å². The number of aliphatic hydroxyl groups excluding tert-OH is 1. The van der Waals surface area contributed by atoms with Gasteiger partial charge in [0.05, 0.1) is 39.5 Å². The minimum absolute atomic E-state index is 0.0819. The number of Topliss-reactive ketones (excluding diaryl/α,β-unsaturated/α-hetero) is 1. The third kappa shape index (κ3) is 136. The fraction of sp³-hybridized carbons (Fsp3) is 0.162. The average Bonchev–Trinajstić information content (AvgIpc) is 1.62. The van der Waals surface area contributed by atoms with Gasteiger partial charge in [0, 0.05) is 25.2 Å². The molecule has 0 atom stereocenters. The minimum Gasteiger partial charge on any atom is -0.465 e. The first kappa shape index (κ1) is 157. The number of aliphatic hydroxyl groups is 1. The average molecular weight is 1500 g/mol. The van der Waals surface area contributed by atoms with E-state index in [0.717, 1.165) is 36.5 Å². The van der Waals surface area contributed by atoms with E-state index in [0.29, 0.717) is 0 Å². The van der Waals surface area contributed by atoms with E-state index in [9.17, 15) is 14.7 Å². The number of ether oxygens (including phenoxy) is 1. The van der Waals surface area contributed by atoms with Crippen molar-refractivity contribution < 1.29 is 150 Å². The van der Waals surface area contributed by atoms with Gasteiger partial charge in [0.1, 0.15) is 12.4 Å². The molecular formula is C74H128O30. The molecule has 2 aromatic carbocycles. The minimum atomic E-state index is -1.64. The van der Waals surface area contributed by atoms with Crippen LogP contribution in [0.15, 0.2) is 364 Å². The number of carbonyl (C=O) groups is 2. The second-order valence-electron chi connectivity index (χ2n) is 9.99. The van der Waals surface area contributed by atoms with E-state index >= 15 is 0 Å². The van der Waals surface area contributed by atoms with Crippen molar-refractivity contribution in [3.8, 4) is 11.1 Å². The highest BCUT2D eigenvalue weighted by atomic mass is 18.0. The monoisotopic (exact) mass is 1500 g/mol. The summed E-state index contributed by atoms with van der Waals surface area (Å²) in [7, 11) is 2.16. The molecule has 1 aliphatic rings. The highest BCUT2D eigenvalue weighted by Crippen LogP contribution is 2.44. The molecule has 0 saturated heterocycles. The van der Waals surface area contributed by atoms with E-state index in [2.05, 4.69) is 436 Å². The molecule has 104 heavy (non-hydrogen) atoms. The molecule has 2 aromatic rings. The van der Waals surface area contributed by atoms with Gasteiger partial charge in [0.2, 0.25) is 0 Å². The zero-order valence-corrected chi connectivity index (χ0v) is 62.6. The van der Waals surface area contributed by atoms with Crippen molar-refractivity contribution in [2.75, 3.05) is 40.6 Å². The number of ketones is 1. The summed E-state index contributed by atoms with van der Waals surface area (Å²) >= 11 is 0. The van der Waals surface area contributed by atoms with Gasteiger partial charge in [-0.05, 0) is 140 Å². The van der Waals surface area contributed by atoms with E-state index in [1.807, 2.05) is 48.5 Å². The molecule has 0 saturated carbocycles. The Morgan fingerprint density at radius 3 is 0.750 bits per heavy atom. The quantitative estimate of drug-likeness (QED) is 0.0216. The van der Waals surface area contributed by atoms with Crippen LogP contribution in [-0.4, -0.2) is 57.5 Å². The van der Waals surface area contributed by atoms with Gasteiger partial charge in [-0.2, -0.15) is 0 Å². The van der Waals surface area contributed by atoms with Crippen LogP contribution in [0.25, 0.3) is 11.1 Å². The van der Waals surface area contributed by atoms with Crippen LogP contribution in [0.1, 0.15) is 42.7 Å². The van der Waals surface area contributed by atoms with Crippen molar-refractivity contribution in [1.29, 1.82) is 0 Å². The summed E-state index contributed by atoms with van der Waals surface area (Å²) in [5.74, 6) is -1.12. The van der Waals surface area contributed by atoms with Crippen molar-refractivity contribution in [3.05, 3.63) is 375 Å². The molecule has 0 spiro atoms. The summed E-state index contributed by atoms with van der Waals surface area (Å²) in [5.41, 5.74) is 2.61. The van der Waals surface area contributed by atoms with Crippen LogP contribution >= 0.6 is 0 Å². The van der Waals surface area contributed by atoms with Crippen LogP contribution in [0.4, 0.5) is 0 Å². The molecule has 30 nitrogen and oxygen atoms in total. The molecule has 0 fully saturated rings. The Morgan fingerprint density at radius 1 is 0.317 bits per heavy atom. The van der Waals surface area contributed by atoms with Crippen LogP contribution in [0.3, 0.4) is 0 Å². The zero-order chi connectivity index (χ0) is 87.9. The fourth-order valence-corrected chi connectivity index (χ4v) is 4.51. The Morgan fingerprint density at radius 2 is 0.529 bits per heavy atom. The van der Waals surface area contributed by atoms with Gasteiger partial charge in [-0.25, -0.2) is 19.6 Å². The Balaban J connectivity index is -0.0000000592. The smallest absolute Gasteiger partial charge is 0.305 e. The Bertz CT molecular complexity index is 1580. The largest absolute Gasteiger partial charge is 0.465 e. The predicted molar refractivity (Wildman–Crippen MR) is 418 cm³/mol. The van der Waals surface area contributed by atoms with E-state index in [1.54, 1.807) is 0 Å². The third-order valence-electron chi connectivity index (χ3n) is 6.64. The van der Waals surface area contributed by atoms with E-state index < -0.39 is 43.4 Å². The molecule has 0 bridgehead atoms. The lowest BCUT2D eigenvalue weighted by atomic mass is 9.84. The van der Waals surface area contributed by atoms with Crippen molar-refractivity contribution >= 4 is 11.8 Å². The van der Waals surface area contributed by atoms with Crippen LogP contribution in [0.2, 0.25) is 0 Å². The topological polar surface area (TPSA) is 304 Å². The van der Waals surface area contributed by atoms with Gasteiger partial charge in [-0.15, -0.1) is 316 Å². The summed E-state index contributed by atoms with van der Waals surface area (Å²) in [4.78, 5) is 43.0. The second kappa shape index (κ2) is 219. The number of hydrogen-bond donors (Lipinski definition) is 1. The SMILES string of the molecule is C=C.C=C.C=C.C=C.C=C.C=C.C=C.C=C.C=C.C=C.C=C.C=C.C=C.C=C.C=C.C=C.C=C.C=C.C=C.C=C.C=C.C=C.C=C.C=C.COOOOOOOOOOOOOCC(CO)(COOOOOOOOOOOOOC)CC(=O)CCCC(=O)OCC1c2ccccc2-c2ccccc21. The number of hydrogen-bond acceptors (Lipinski definition) is 30. The molecule has 0 heterocycles. The van der Waals surface area contributed by atoms with E-state index in [-0.39, 0.29) is 31.8 Å². The Hall–Kier alpha value is -9.74. The van der Waals surface area contributed by atoms with E-state index in [4.69, 9.17) is 14.5 Å². The second-order valence-corrected chi connectivity index (χ2v) is 9.99. The molecule has 0 aromatic heterocycles. The molecule has 3 rings (SSSR count). The van der Waals surface area contributed by atoms with Crippen LogP contribution < -0.4 is 0 Å². The molecule has 0 radical (unpaired) electrons. The van der Waals surface area contributed by atoms with Crippen molar-refractivity contribution in [2.24, 2.45) is 5.41 Å². The van der Waals surface area contributed by atoms with Crippen molar-refractivity contribution in [3.63, 3.8) is 0 Å². The first-order valence-corrected chi connectivity index (χ1v) is 27.0. The summed E-state index contributed by atoms with van der Waals surface area (Å²) in [5, 5.41) is 93.7. The number of rotatable bonds is 37. The summed E-state index contributed by atoms with van der Waals surface area (Å²) in [6.07, 6.45) is -0.571. The molecule has 604 valence electrons. The molecule has 30 heteroatoms. The lowest BCUT2D eigenvalue weighted by Gasteiger charge is -2.28. The van der Waals surface area contributed by atoms with E-state index in [1.165, 1.54) is 0 Å². The van der Waals surface area contributed by atoms with Gasteiger partial charge in [-0.1, -0.05) is 48.5 Å². The number of benzene rings is 2. The number of carbonyl (C=O) groups excluding carboxylic acids is 2. The summed E-state index contributed by atoms with van der Waals surface area (Å²) in [6, 6.07) is 15.7. The van der Waals surface area contributed by atoms with Crippen LogP contribution in [0, 0.1) is 5.41 Å². The first-order valence-electron chi connectivity index (χ1n) is 27.0. The summed E-state index contributed by atoms with van der Waals surface area (Å²) in [6.45, 7) is 142. The lowest BCUT2D eigenvalue weighted by molar-refractivity contribution is -0.870. The molecule has 0 unspecified atom stereocenters. The molecule has 1 aliphatic carbocycles. The first-order chi connectivity index (χ1) is 51.5. The predicted octanol–water partition coefficient (Wildman–Crippen LogP) is 21.4. The normalized spacial score (nSPS) is 7.68. The maximum absolute atomic E-state index is 12.9. The maximum Gasteiger partial charge on any atom is 0.305 e. The maximum atomic E-state index is 12.9. The number of esters is 1. The van der Waals surface area contributed by atoms with Gasteiger partial charge in [0.15, 0.2) is 0 Å². The van der Waals surface area contributed by atoms with Crippen molar-refractivity contribution in [1.82, 2.24) is 0 Å². The molecular weight excluding hydrogens is 1370 g/mol. The standard InChI is InChI=1S/C26H32O30.24C2H4/c1-30-35-39-43-47-51-55-53-49-45-41-37-33-17-26(16-27,18-34-38-42-46-50-54-56-52-48-44-40-36-31-2)14-19(28)8-7-13-25(29)32-15-24-22-11-5-3-9-20(22)21-10-4-6-12-23(21)24;24*1-2/h3-6,9-12,24,27H,7-8,13-18H2,1-2H3;24*1-2H2. The molecule has 0 aliphatic heterocycles. The zero-order valence-electron chi connectivity index (χ0n) is 62.6. The van der Waals surface area contributed by atoms with Crippen LogP contribution in [-0.2, 0) is 145 Å². The third-order valence-corrected chi connectivity index (χ3v) is 6.64. The highest BCUT2D eigenvalue weighted by Gasteiger charge is 2.35. The fourth-order valence-electron chi connectivity index (χ4n) is 4.51. The van der Waals surface area contributed by atoms with Gasteiger partial charge in [0.25, 0.3) is 0 Å². The highest BCUT2D eigenvalue weighted by molar-refractivity contribution is 5.80.